The molecule has 0 aliphatic heterocycles. The van der Waals surface area contributed by atoms with Crippen LogP contribution in [0, 0.1) is 23.2 Å². The van der Waals surface area contributed by atoms with Crippen molar-refractivity contribution in [2.45, 2.75) is 59.3 Å². The maximum Gasteiger partial charge on any atom is 0.133 e. The van der Waals surface area contributed by atoms with Gasteiger partial charge in [0.15, 0.2) is 0 Å². The van der Waals surface area contributed by atoms with E-state index in [0.717, 1.165) is 30.6 Å². The van der Waals surface area contributed by atoms with E-state index in [1.54, 1.807) is 0 Å². The van der Waals surface area contributed by atoms with Crippen LogP contribution in [0.15, 0.2) is 0 Å². The van der Waals surface area contributed by atoms with Gasteiger partial charge >= 0.3 is 0 Å². The standard InChI is InChI=1S/C14H24O/c1-14(2,3)12-6-4-11-9-13(15)7-5-10(11)8-12/h10-12H,4-9H2,1-3H3/t10-,11-,12+/m0/s1. The van der Waals surface area contributed by atoms with Crippen molar-refractivity contribution in [2.24, 2.45) is 23.2 Å². The highest BCUT2D eigenvalue weighted by Crippen LogP contribution is 2.47. The molecule has 0 aromatic rings. The third-order valence-electron chi connectivity index (χ3n) is 4.65. The van der Waals surface area contributed by atoms with Gasteiger partial charge in [0.05, 0.1) is 0 Å². The van der Waals surface area contributed by atoms with Crippen LogP contribution in [-0.4, -0.2) is 5.78 Å². The number of hydrogen-bond acceptors (Lipinski definition) is 1. The molecule has 1 nitrogen and oxygen atoms in total. The molecule has 0 radical (unpaired) electrons. The topological polar surface area (TPSA) is 17.1 Å². The van der Waals surface area contributed by atoms with Crippen molar-refractivity contribution in [3.63, 3.8) is 0 Å². The van der Waals surface area contributed by atoms with E-state index >= 15 is 0 Å². The maximum absolute atomic E-state index is 11.4. The number of carbonyl (C=O) groups excluding carboxylic acids is 1. The molecule has 0 saturated heterocycles. The number of fused-ring (bicyclic) bond motifs is 1. The minimum absolute atomic E-state index is 0.465. The molecule has 0 bridgehead atoms. The number of ketones is 1. The van der Waals surface area contributed by atoms with Gasteiger partial charge in [-0.25, -0.2) is 0 Å². The number of hydrogen-bond donors (Lipinski definition) is 0. The highest BCUT2D eigenvalue weighted by Gasteiger charge is 2.38. The monoisotopic (exact) mass is 208 g/mol. The SMILES string of the molecule is CC(C)(C)[C@@H]1CC[C@H]2CC(=O)CC[C@H]2C1. The third-order valence-corrected chi connectivity index (χ3v) is 4.65. The van der Waals surface area contributed by atoms with Crippen molar-refractivity contribution in [1.29, 1.82) is 0 Å². The van der Waals surface area contributed by atoms with Gasteiger partial charge in [0.25, 0.3) is 0 Å². The highest BCUT2D eigenvalue weighted by atomic mass is 16.1. The third kappa shape index (κ3) is 2.43. The summed E-state index contributed by atoms with van der Waals surface area (Å²) < 4.78 is 0. The lowest BCUT2D eigenvalue weighted by Crippen LogP contribution is -2.35. The lowest BCUT2D eigenvalue weighted by molar-refractivity contribution is -0.123. The fraction of sp³-hybridized carbons (Fsp3) is 0.929. The molecule has 86 valence electrons. The van der Waals surface area contributed by atoms with Crippen LogP contribution >= 0.6 is 0 Å². The Balaban J connectivity index is 1.98. The van der Waals surface area contributed by atoms with Crippen LogP contribution in [0.4, 0.5) is 0 Å². The predicted octanol–water partition coefficient (Wildman–Crippen LogP) is 3.82. The highest BCUT2D eigenvalue weighted by molar-refractivity contribution is 5.79. The molecule has 1 heteroatoms. The summed E-state index contributed by atoms with van der Waals surface area (Å²) in [6, 6.07) is 0. The number of Topliss-reactive ketones (excluding diaryl/α,β-unsaturated/α-hetero) is 1. The first kappa shape index (κ1) is 11.2. The molecule has 0 heterocycles. The van der Waals surface area contributed by atoms with Crippen molar-refractivity contribution >= 4 is 5.78 Å². The van der Waals surface area contributed by atoms with E-state index in [0.29, 0.717) is 11.2 Å². The average Bonchev–Trinajstić information content (AvgIpc) is 2.15. The van der Waals surface area contributed by atoms with Gasteiger partial charge in [0.2, 0.25) is 0 Å². The number of carbonyl (C=O) groups is 1. The summed E-state index contributed by atoms with van der Waals surface area (Å²) in [5.74, 6) is 3.00. The second kappa shape index (κ2) is 3.92. The minimum atomic E-state index is 0.465. The second-order valence-electron chi connectivity index (χ2n) is 6.68. The Labute approximate surface area is 93.6 Å². The molecule has 2 rings (SSSR count). The Hall–Kier alpha value is -0.330. The second-order valence-corrected chi connectivity index (χ2v) is 6.68. The molecule has 0 unspecified atom stereocenters. The van der Waals surface area contributed by atoms with E-state index in [2.05, 4.69) is 20.8 Å². The van der Waals surface area contributed by atoms with Gasteiger partial charge in [0.1, 0.15) is 5.78 Å². The molecule has 2 fully saturated rings. The van der Waals surface area contributed by atoms with Crippen molar-refractivity contribution in [3.05, 3.63) is 0 Å². The van der Waals surface area contributed by atoms with Crippen LogP contribution in [0.25, 0.3) is 0 Å². The van der Waals surface area contributed by atoms with Crippen molar-refractivity contribution < 1.29 is 4.79 Å². The molecule has 3 atom stereocenters. The van der Waals surface area contributed by atoms with Gasteiger partial charge in [-0.2, -0.15) is 0 Å². The summed E-state index contributed by atoms with van der Waals surface area (Å²) >= 11 is 0. The van der Waals surface area contributed by atoms with Crippen LogP contribution in [0.1, 0.15) is 59.3 Å². The normalized spacial score (nSPS) is 37.5. The van der Waals surface area contributed by atoms with Crippen LogP contribution in [0.3, 0.4) is 0 Å². The van der Waals surface area contributed by atoms with Crippen molar-refractivity contribution in [3.8, 4) is 0 Å². The van der Waals surface area contributed by atoms with E-state index < -0.39 is 0 Å². The van der Waals surface area contributed by atoms with Gasteiger partial charge in [-0.3, -0.25) is 4.79 Å². The van der Waals surface area contributed by atoms with Gasteiger partial charge in [-0.15, -0.1) is 0 Å². The Kier molecular flexibility index (Phi) is 2.92. The van der Waals surface area contributed by atoms with Gasteiger partial charge in [-0.05, 0) is 48.9 Å². The van der Waals surface area contributed by atoms with Crippen LogP contribution in [0.2, 0.25) is 0 Å². The van der Waals surface area contributed by atoms with E-state index in [1.807, 2.05) is 0 Å². The van der Waals surface area contributed by atoms with Crippen LogP contribution in [0.5, 0.6) is 0 Å². The summed E-state index contributed by atoms with van der Waals surface area (Å²) in [7, 11) is 0. The lowest BCUT2D eigenvalue weighted by Gasteiger charge is -2.43. The molecular formula is C14H24O. The molecule has 15 heavy (non-hydrogen) atoms. The van der Waals surface area contributed by atoms with Gasteiger partial charge in [0, 0.05) is 12.8 Å². The minimum Gasteiger partial charge on any atom is -0.300 e. The van der Waals surface area contributed by atoms with E-state index in [9.17, 15) is 4.79 Å². The van der Waals surface area contributed by atoms with Crippen molar-refractivity contribution in [2.75, 3.05) is 0 Å². The molecule has 2 aliphatic rings. The molecule has 0 aromatic heterocycles. The molecule has 0 N–H and O–H groups in total. The molecule has 0 spiro atoms. The summed E-state index contributed by atoms with van der Waals surface area (Å²) in [6.45, 7) is 7.10. The van der Waals surface area contributed by atoms with Gasteiger partial charge < -0.3 is 0 Å². The first-order valence-electron chi connectivity index (χ1n) is 6.48. The summed E-state index contributed by atoms with van der Waals surface area (Å²) in [5, 5.41) is 0. The first-order chi connectivity index (χ1) is 6.97. The molecular weight excluding hydrogens is 184 g/mol. The first-order valence-corrected chi connectivity index (χ1v) is 6.48. The summed E-state index contributed by atoms with van der Waals surface area (Å²) in [5.41, 5.74) is 0.465. The van der Waals surface area contributed by atoms with E-state index in [-0.39, 0.29) is 0 Å². The Morgan fingerprint density at radius 2 is 1.80 bits per heavy atom. The van der Waals surface area contributed by atoms with Gasteiger partial charge in [-0.1, -0.05) is 20.8 Å². The molecule has 2 saturated carbocycles. The summed E-state index contributed by atoms with van der Waals surface area (Å²) in [4.78, 5) is 11.4. The predicted molar refractivity (Wildman–Crippen MR) is 62.6 cm³/mol. The zero-order valence-corrected chi connectivity index (χ0v) is 10.4. The quantitative estimate of drug-likeness (QED) is 0.591. The lowest BCUT2D eigenvalue weighted by atomic mass is 9.62. The smallest absolute Gasteiger partial charge is 0.133 e. The number of rotatable bonds is 0. The average molecular weight is 208 g/mol. The van der Waals surface area contributed by atoms with Crippen LogP contribution in [-0.2, 0) is 4.79 Å². The summed E-state index contributed by atoms with van der Waals surface area (Å²) in [6.07, 6.45) is 6.95. The largest absolute Gasteiger partial charge is 0.300 e. The maximum atomic E-state index is 11.4. The molecule has 0 aromatic carbocycles. The fourth-order valence-electron chi connectivity index (χ4n) is 3.48. The van der Waals surface area contributed by atoms with E-state index in [4.69, 9.17) is 0 Å². The molecule has 0 amide bonds. The van der Waals surface area contributed by atoms with E-state index in [1.165, 1.54) is 25.7 Å². The zero-order valence-electron chi connectivity index (χ0n) is 10.4. The molecule has 2 aliphatic carbocycles. The fourth-order valence-corrected chi connectivity index (χ4v) is 3.48. The van der Waals surface area contributed by atoms with Crippen molar-refractivity contribution in [1.82, 2.24) is 0 Å². The Bertz CT molecular complexity index is 249. The van der Waals surface area contributed by atoms with Crippen LogP contribution < -0.4 is 0 Å². The zero-order chi connectivity index (χ0) is 11.1. The Morgan fingerprint density at radius 3 is 2.47 bits per heavy atom. The Morgan fingerprint density at radius 1 is 1.07 bits per heavy atom.